The topological polar surface area (TPSA) is 54.9 Å². The van der Waals surface area contributed by atoms with Crippen molar-refractivity contribution in [3.8, 4) is 0 Å². The van der Waals surface area contributed by atoms with Gasteiger partial charge < -0.3 is 0 Å². The number of rotatable bonds is 7. The summed E-state index contributed by atoms with van der Waals surface area (Å²) in [6, 6.07) is 27.2. The summed E-state index contributed by atoms with van der Waals surface area (Å²) in [6.45, 7) is 0. The first-order valence-electron chi connectivity index (χ1n) is 9.31. The number of nitrogens with zero attached hydrogens (tertiary/aromatic N) is 2. The number of aromatic nitrogens is 2. The number of benzene rings is 3. The Kier molecular flexibility index (Phi) is 6.79. The van der Waals surface area contributed by atoms with E-state index in [-0.39, 0.29) is 5.91 Å². The van der Waals surface area contributed by atoms with Crippen LogP contribution in [0.3, 0.4) is 0 Å². The number of hydrogen-bond donors (Lipinski definition) is 1. The number of hydrogen-bond acceptors (Lipinski definition) is 5. The molecule has 0 aliphatic rings. The summed E-state index contributed by atoms with van der Waals surface area (Å²) in [5, 5.41) is 12.5. The summed E-state index contributed by atoms with van der Waals surface area (Å²) in [4.78, 5) is 13.2. The van der Waals surface area contributed by atoms with Crippen molar-refractivity contribution in [2.24, 2.45) is 0 Å². The fourth-order valence-corrected chi connectivity index (χ4v) is 5.08. The molecule has 1 heterocycles. The monoisotopic (exact) mass is 451 g/mol. The second-order valence-corrected chi connectivity index (χ2v) is 9.10. The quantitative estimate of drug-likeness (QED) is 0.266. The van der Waals surface area contributed by atoms with Crippen LogP contribution >= 0.6 is 34.7 Å². The molecule has 0 radical (unpaired) electrons. The second-order valence-electron chi connectivity index (χ2n) is 6.50. The molecule has 4 nitrogen and oxygen atoms in total. The maximum Gasteiger partial charge on any atom is 0.238 e. The molecular weight excluding hydrogens is 434 g/mol. The fourth-order valence-electron chi connectivity index (χ4n) is 3.04. The minimum atomic E-state index is -0.421. The third kappa shape index (κ3) is 5.08. The Morgan fingerprint density at radius 2 is 1.50 bits per heavy atom. The molecule has 4 rings (SSSR count). The van der Waals surface area contributed by atoms with E-state index in [1.807, 2.05) is 84.9 Å². The van der Waals surface area contributed by atoms with Gasteiger partial charge in [-0.05, 0) is 22.8 Å². The van der Waals surface area contributed by atoms with Gasteiger partial charge in [0.05, 0.1) is 5.92 Å². The van der Waals surface area contributed by atoms with Crippen molar-refractivity contribution in [3.05, 3.63) is 107 Å². The predicted molar refractivity (Wildman–Crippen MR) is 124 cm³/mol. The van der Waals surface area contributed by atoms with Crippen molar-refractivity contribution in [2.75, 3.05) is 5.32 Å². The SMILES string of the molecule is O=C(Nc1nnc(SCc2ccccc2Cl)s1)C(c1ccccc1)c1ccccc1. The van der Waals surface area contributed by atoms with E-state index in [0.29, 0.717) is 10.9 Å². The highest BCUT2D eigenvalue weighted by Crippen LogP contribution is 2.32. The van der Waals surface area contributed by atoms with Crippen LogP contribution in [-0.2, 0) is 10.5 Å². The average molecular weight is 452 g/mol. The molecular formula is C23H18ClN3OS2. The van der Waals surface area contributed by atoms with Crippen LogP contribution in [0.1, 0.15) is 22.6 Å². The molecule has 0 bridgehead atoms. The third-order valence-corrected chi connectivity index (χ3v) is 6.86. The number of amides is 1. The lowest BCUT2D eigenvalue weighted by Gasteiger charge is -2.16. The van der Waals surface area contributed by atoms with Crippen molar-refractivity contribution in [3.63, 3.8) is 0 Å². The van der Waals surface area contributed by atoms with Gasteiger partial charge in [-0.3, -0.25) is 10.1 Å². The van der Waals surface area contributed by atoms with Crippen LogP contribution < -0.4 is 5.32 Å². The zero-order valence-corrected chi connectivity index (χ0v) is 18.3. The molecule has 150 valence electrons. The molecule has 30 heavy (non-hydrogen) atoms. The highest BCUT2D eigenvalue weighted by atomic mass is 35.5. The van der Waals surface area contributed by atoms with Gasteiger partial charge in [0.25, 0.3) is 0 Å². The molecule has 3 aromatic carbocycles. The molecule has 0 saturated carbocycles. The lowest BCUT2D eigenvalue weighted by molar-refractivity contribution is -0.116. The van der Waals surface area contributed by atoms with E-state index in [1.54, 1.807) is 11.8 Å². The normalized spacial score (nSPS) is 10.9. The van der Waals surface area contributed by atoms with Gasteiger partial charge >= 0.3 is 0 Å². The van der Waals surface area contributed by atoms with E-state index in [4.69, 9.17) is 11.6 Å². The number of carbonyl (C=O) groups is 1. The highest BCUT2D eigenvalue weighted by Gasteiger charge is 2.23. The molecule has 0 unspecified atom stereocenters. The van der Waals surface area contributed by atoms with E-state index >= 15 is 0 Å². The number of nitrogens with one attached hydrogen (secondary N) is 1. The molecule has 1 N–H and O–H groups in total. The van der Waals surface area contributed by atoms with Gasteiger partial charge in [-0.2, -0.15) is 0 Å². The van der Waals surface area contributed by atoms with Gasteiger partial charge in [0, 0.05) is 10.8 Å². The first-order valence-corrected chi connectivity index (χ1v) is 11.5. The maximum atomic E-state index is 13.2. The minimum Gasteiger partial charge on any atom is -0.300 e. The van der Waals surface area contributed by atoms with Gasteiger partial charge in [0.15, 0.2) is 4.34 Å². The summed E-state index contributed by atoms with van der Waals surface area (Å²) in [5.41, 5.74) is 2.90. The van der Waals surface area contributed by atoms with Crippen molar-refractivity contribution >= 4 is 45.7 Å². The molecule has 0 spiro atoms. The Bertz CT molecular complexity index is 1080. The van der Waals surface area contributed by atoms with Gasteiger partial charge in [-0.25, -0.2) is 0 Å². The average Bonchev–Trinajstić information content (AvgIpc) is 3.22. The van der Waals surface area contributed by atoms with E-state index in [1.165, 1.54) is 11.3 Å². The zero-order valence-electron chi connectivity index (χ0n) is 15.9. The van der Waals surface area contributed by atoms with Crippen molar-refractivity contribution in [1.82, 2.24) is 10.2 Å². The zero-order chi connectivity index (χ0) is 20.8. The lowest BCUT2D eigenvalue weighted by atomic mass is 9.90. The first kappa shape index (κ1) is 20.6. The fraction of sp³-hybridized carbons (Fsp3) is 0.0870. The molecule has 0 aliphatic heterocycles. The van der Waals surface area contributed by atoms with Gasteiger partial charge in [0.1, 0.15) is 0 Å². The number of carbonyl (C=O) groups excluding carboxylic acids is 1. The maximum absolute atomic E-state index is 13.2. The predicted octanol–water partition coefficient (Wildman–Crippen LogP) is 6.25. The molecule has 4 aromatic rings. The molecule has 1 aromatic heterocycles. The smallest absolute Gasteiger partial charge is 0.238 e. The lowest BCUT2D eigenvalue weighted by Crippen LogP contribution is -2.22. The third-order valence-electron chi connectivity index (χ3n) is 4.47. The summed E-state index contributed by atoms with van der Waals surface area (Å²) >= 11 is 9.12. The Morgan fingerprint density at radius 3 is 2.13 bits per heavy atom. The van der Waals surface area contributed by atoms with Crippen LogP contribution in [0.2, 0.25) is 5.02 Å². The first-order chi connectivity index (χ1) is 14.7. The van der Waals surface area contributed by atoms with Crippen LogP contribution in [0.5, 0.6) is 0 Å². The summed E-state index contributed by atoms with van der Waals surface area (Å²) in [5.74, 6) is 0.139. The standard InChI is InChI=1S/C23H18ClN3OS2/c24-19-14-8-7-13-18(19)15-29-23-27-26-22(30-23)25-21(28)20(16-9-3-1-4-10-16)17-11-5-2-6-12-17/h1-14,20H,15H2,(H,25,26,28). The second kappa shape index (κ2) is 9.89. The van der Waals surface area contributed by atoms with E-state index in [0.717, 1.165) is 26.1 Å². The van der Waals surface area contributed by atoms with Crippen molar-refractivity contribution < 1.29 is 4.79 Å². The molecule has 0 saturated heterocycles. The van der Waals surface area contributed by atoms with Crippen molar-refractivity contribution in [1.29, 1.82) is 0 Å². The summed E-state index contributed by atoms with van der Waals surface area (Å²) in [7, 11) is 0. The van der Waals surface area contributed by atoms with Gasteiger partial charge in [-0.15, -0.1) is 10.2 Å². The molecule has 1 amide bonds. The highest BCUT2D eigenvalue weighted by molar-refractivity contribution is 8.00. The van der Waals surface area contributed by atoms with Crippen LogP contribution in [0.4, 0.5) is 5.13 Å². The minimum absolute atomic E-state index is 0.133. The van der Waals surface area contributed by atoms with E-state index in [2.05, 4.69) is 15.5 Å². The van der Waals surface area contributed by atoms with Crippen LogP contribution in [-0.4, -0.2) is 16.1 Å². The number of halogens is 1. The Balaban J connectivity index is 1.47. The summed E-state index contributed by atoms with van der Waals surface area (Å²) < 4.78 is 0.779. The van der Waals surface area contributed by atoms with Gasteiger partial charge in [0.2, 0.25) is 11.0 Å². The van der Waals surface area contributed by atoms with Crippen LogP contribution in [0, 0.1) is 0 Å². The van der Waals surface area contributed by atoms with Gasteiger partial charge in [-0.1, -0.05) is 114 Å². The number of thioether (sulfide) groups is 1. The number of anilines is 1. The van der Waals surface area contributed by atoms with Crippen LogP contribution in [0.15, 0.2) is 89.3 Å². The van der Waals surface area contributed by atoms with E-state index in [9.17, 15) is 4.79 Å². The Hall–Kier alpha value is -2.67. The molecule has 7 heteroatoms. The Labute approximate surface area is 188 Å². The van der Waals surface area contributed by atoms with Crippen LogP contribution in [0.25, 0.3) is 0 Å². The molecule has 0 atom stereocenters. The molecule has 0 aliphatic carbocycles. The molecule has 0 fully saturated rings. The van der Waals surface area contributed by atoms with Crippen molar-refractivity contribution in [2.45, 2.75) is 16.0 Å². The largest absolute Gasteiger partial charge is 0.300 e. The summed E-state index contributed by atoms with van der Waals surface area (Å²) in [6.07, 6.45) is 0. The van der Waals surface area contributed by atoms with E-state index < -0.39 is 5.92 Å². The Morgan fingerprint density at radius 1 is 0.900 bits per heavy atom.